The van der Waals surface area contributed by atoms with Gasteiger partial charge in [-0.1, -0.05) is 12.0 Å². The predicted octanol–water partition coefficient (Wildman–Crippen LogP) is 1.90. The number of carbonyl (C=O) groups is 1. The van der Waals surface area contributed by atoms with Crippen LogP contribution in [0.1, 0.15) is 5.56 Å². The third kappa shape index (κ3) is 1.97. The van der Waals surface area contributed by atoms with E-state index in [1.165, 1.54) is 18.2 Å². The Morgan fingerprint density at radius 2 is 2.31 bits per heavy atom. The Morgan fingerprint density at radius 1 is 1.62 bits per heavy atom. The van der Waals surface area contributed by atoms with Crippen LogP contribution >= 0.6 is 0 Å². The van der Waals surface area contributed by atoms with Gasteiger partial charge >= 0.3 is 6.09 Å². The molecule has 0 aliphatic heterocycles. The van der Waals surface area contributed by atoms with Gasteiger partial charge < -0.3 is 5.11 Å². The lowest BCUT2D eigenvalue weighted by Gasteiger charge is -2.02. The van der Waals surface area contributed by atoms with Gasteiger partial charge in [-0.25, -0.2) is 9.18 Å². The molecule has 1 aromatic rings. The van der Waals surface area contributed by atoms with Crippen molar-refractivity contribution < 1.29 is 14.3 Å². The van der Waals surface area contributed by atoms with E-state index in [-0.39, 0.29) is 11.3 Å². The quantitative estimate of drug-likeness (QED) is 0.647. The molecule has 66 valence electrons. The van der Waals surface area contributed by atoms with E-state index in [2.05, 4.69) is 5.92 Å². The zero-order chi connectivity index (χ0) is 9.84. The molecule has 2 N–H and O–H groups in total. The smallest absolute Gasteiger partial charge is 0.409 e. The Morgan fingerprint density at radius 3 is 2.85 bits per heavy atom. The van der Waals surface area contributed by atoms with Crippen LogP contribution in [0.15, 0.2) is 18.2 Å². The lowest BCUT2D eigenvalue weighted by molar-refractivity contribution is 0.209. The first-order valence-electron chi connectivity index (χ1n) is 3.40. The SMILES string of the molecule is C#Cc1cccc(NC(=O)O)c1F. The first-order valence-corrected chi connectivity index (χ1v) is 3.40. The number of hydrogen-bond donors (Lipinski definition) is 2. The zero-order valence-electron chi connectivity index (χ0n) is 6.54. The lowest BCUT2D eigenvalue weighted by Crippen LogP contribution is -2.09. The molecule has 0 atom stereocenters. The van der Waals surface area contributed by atoms with Gasteiger partial charge in [0.05, 0.1) is 11.3 Å². The van der Waals surface area contributed by atoms with Crippen LogP contribution in [0.25, 0.3) is 0 Å². The molecule has 0 aliphatic carbocycles. The fourth-order valence-electron chi connectivity index (χ4n) is 0.855. The second-order valence-corrected chi connectivity index (χ2v) is 2.24. The van der Waals surface area contributed by atoms with Crippen LogP contribution in [0, 0.1) is 18.2 Å². The van der Waals surface area contributed by atoms with Gasteiger partial charge in [0.15, 0.2) is 5.82 Å². The highest BCUT2D eigenvalue weighted by atomic mass is 19.1. The molecule has 0 saturated carbocycles. The Hall–Kier alpha value is -2.02. The lowest BCUT2D eigenvalue weighted by atomic mass is 10.2. The van der Waals surface area contributed by atoms with Crippen LogP contribution in [0.2, 0.25) is 0 Å². The number of benzene rings is 1. The molecular weight excluding hydrogens is 173 g/mol. The molecule has 3 nitrogen and oxygen atoms in total. The van der Waals surface area contributed by atoms with Crippen LogP contribution < -0.4 is 5.32 Å². The fourth-order valence-corrected chi connectivity index (χ4v) is 0.855. The van der Waals surface area contributed by atoms with E-state index in [0.717, 1.165) is 0 Å². The van der Waals surface area contributed by atoms with E-state index in [1.807, 2.05) is 5.32 Å². The Bertz CT molecular complexity index is 382. The molecule has 1 amide bonds. The molecule has 13 heavy (non-hydrogen) atoms. The van der Waals surface area contributed by atoms with Gasteiger partial charge in [0.1, 0.15) is 0 Å². The van der Waals surface area contributed by atoms with Crippen molar-refractivity contribution in [1.82, 2.24) is 0 Å². The molecule has 0 saturated heterocycles. The Labute approximate surface area is 74.2 Å². The van der Waals surface area contributed by atoms with Gasteiger partial charge in [0.2, 0.25) is 0 Å². The van der Waals surface area contributed by atoms with E-state index < -0.39 is 11.9 Å². The van der Waals surface area contributed by atoms with Gasteiger partial charge in [0, 0.05) is 0 Å². The third-order valence-electron chi connectivity index (χ3n) is 1.40. The molecule has 0 bridgehead atoms. The van der Waals surface area contributed by atoms with Gasteiger partial charge in [0.25, 0.3) is 0 Å². The van der Waals surface area contributed by atoms with Crippen LogP contribution in [-0.2, 0) is 0 Å². The molecule has 4 heteroatoms. The molecular formula is C9H6FNO2. The van der Waals surface area contributed by atoms with Crippen LogP contribution in [-0.4, -0.2) is 11.2 Å². The number of rotatable bonds is 1. The van der Waals surface area contributed by atoms with Gasteiger partial charge in [-0.05, 0) is 12.1 Å². The molecule has 0 radical (unpaired) electrons. The first-order chi connectivity index (χ1) is 6.15. The molecule has 0 aromatic heterocycles. The minimum Gasteiger partial charge on any atom is -0.465 e. The molecule has 0 heterocycles. The second kappa shape index (κ2) is 3.59. The Kier molecular flexibility index (Phi) is 2.50. The molecule has 1 rings (SSSR count). The maximum Gasteiger partial charge on any atom is 0.409 e. The monoisotopic (exact) mass is 179 g/mol. The molecule has 0 spiro atoms. The summed E-state index contributed by atoms with van der Waals surface area (Å²) in [5, 5.41) is 10.2. The van der Waals surface area contributed by atoms with Crippen LogP contribution in [0.4, 0.5) is 14.9 Å². The van der Waals surface area contributed by atoms with Gasteiger partial charge in [-0.2, -0.15) is 0 Å². The Balaban J connectivity index is 3.10. The topological polar surface area (TPSA) is 49.3 Å². The minimum absolute atomic E-state index is 0.0336. The minimum atomic E-state index is -1.33. The zero-order valence-corrected chi connectivity index (χ0v) is 6.54. The fraction of sp³-hybridized carbons (Fsp3) is 0. The van der Waals surface area contributed by atoms with Crippen molar-refractivity contribution in [3.63, 3.8) is 0 Å². The van der Waals surface area contributed by atoms with Gasteiger partial charge in [-0.15, -0.1) is 6.42 Å². The van der Waals surface area contributed by atoms with E-state index >= 15 is 0 Å². The highest BCUT2D eigenvalue weighted by Crippen LogP contribution is 2.16. The van der Waals surface area contributed by atoms with Crippen molar-refractivity contribution in [2.24, 2.45) is 0 Å². The number of nitrogens with one attached hydrogen (secondary N) is 1. The predicted molar refractivity (Wildman–Crippen MR) is 46.0 cm³/mol. The van der Waals surface area contributed by atoms with Crippen molar-refractivity contribution in [2.45, 2.75) is 0 Å². The largest absolute Gasteiger partial charge is 0.465 e. The van der Waals surface area contributed by atoms with Crippen LogP contribution in [0.5, 0.6) is 0 Å². The number of halogens is 1. The summed E-state index contributed by atoms with van der Waals surface area (Å²) in [7, 11) is 0. The van der Waals surface area contributed by atoms with E-state index in [9.17, 15) is 9.18 Å². The summed E-state index contributed by atoms with van der Waals surface area (Å²) in [6, 6.07) is 4.16. The van der Waals surface area contributed by atoms with E-state index in [1.54, 1.807) is 0 Å². The van der Waals surface area contributed by atoms with E-state index in [4.69, 9.17) is 11.5 Å². The average Bonchev–Trinajstić information content (AvgIpc) is 2.08. The maximum absolute atomic E-state index is 13.2. The van der Waals surface area contributed by atoms with E-state index in [0.29, 0.717) is 0 Å². The summed E-state index contributed by atoms with van der Waals surface area (Å²) in [6.45, 7) is 0. The summed E-state index contributed by atoms with van der Waals surface area (Å²) in [5.74, 6) is 1.37. The van der Waals surface area contributed by atoms with Crippen molar-refractivity contribution in [1.29, 1.82) is 0 Å². The summed E-state index contributed by atoms with van der Waals surface area (Å²) < 4.78 is 13.2. The standard InChI is InChI=1S/C9H6FNO2/c1-2-6-4-3-5-7(8(6)10)11-9(12)13/h1,3-5,11H,(H,12,13). The molecule has 1 aromatic carbocycles. The summed E-state index contributed by atoms with van der Waals surface area (Å²) in [6.07, 6.45) is 3.66. The van der Waals surface area contributed by atoms with Crippen molar-refractivity contribution in [3.05, 3.63) is 29.6 Å². The third-order valence-corrected chi connectivity index (χ3v) is 1.40. The number of hydrogen-bond acceptors (Lipinski definition) is 1. The molecule has 0 unspecified atom stereocenters. The molecule has 0 aliphatic rings. The summed E-state index contributed by atoms with van der Waals surface area (Å²) in [4.78, 5) is 10.2. The number of terminal acetylenes is 1. The van der Waals surface area contributed by atoms with Crippen LogP contribution in [0.3, 0.4) is 0 Å². The van der Waals surface area contributed by atoms with Crippen molar-refractivity contribution in [2.75, 3.05) is 5.32 Å². The number of amides is 1. The highest BCUT2D eigenvalue weighted by molar-refractivity contribution is 5.83. The number of anilines is 1. The average molecular weight is 179 g/mol. The normalized spacial score (nSPS) is 8.92. The molecule has 0 fully saturated rings. The van der Waals surface area contributed by atoms with Crippen molar-refractivity contribution in [3.8, 4) is 12.3 Å². The number of carboxylic acid groups (broad SMARTS) is 1. The highest BCUT2D eigenvalue weighted by Gasteiger charge is 2.07. The summed E-state index contributed by atoms with van der Waals surface area (Å²) >= 11 is 0. The summed E-state index contributed by atoms with van der Waals surface area (Å²) in [5.41, 5.74) is -0.103. The first kappa shape index (κ1) is 9.07. The maximum atomic E-state index is 13.2. The second-order valence-electron chi connectivity index (χ2n) is 2.24. The van der Waals surface area contributed by atoms with Gasteiger partial charge in [-0.3, -0.25) is 5.32 Å². The van der Waals surface area contributed by atoms with Crippen molar-refractivity contribution >= 4 is 11.8 Å².